The van der Waals surface area contributed by atoms with Crippen LogP contribution in [-0.4, -0.2) is 45.2 Å². The number of carboxylic acids is 1. The molecule has 1 fully saturated rings. The minimum atomic E-state index is -1.49. The maximum atomic E-state index is 13.8. The van der Waals surface area contributed by atoms with Crippen molar-refractivity contribution >= 4 is 22.9 Å². The van der Waals surface area contributed by atoms with Crippen molar-refractivity contribution in [2.45, 2.75) is 38.8 Å². The number of hydrogen-bond acceptors (Lipinski definition) is 4. The summed E-state index contributed by atoms with van der Waals surface area (Å²) < 4.78 is 19.3. The molecule has 0 saturated heterocycles. The Labute approximate surface area is 143 Å². The molecular formula is C17H20FN3O4. The average molecular weight is 349 g/mol. The van der Waals surface area contributed by atoms with Crippen LogP contribution in [0, 0.1) is 11.2 Å². The molecule has 1 aromatic heterocycles. The van der Waals surface area contributed by atoms with E-state index in [-0.39, 0.29) is 23.6 Å². The van der Waals surface area contributed by atoms with Crippen molar-refractivity contribution in [3.63, 3.8) is 0 Å². The SMILES string of the molecule is CCOC1CC(NC(=O)c2cc(F)cc3[nH]cnc23)(C(=O)O)C1(C)C. The van der Waals surface area contributed by atoms with Gasteiger partial charge >= 0.3 is 5.97 Å². The maximum absolute atomic E-state index is 13.8. The lowest BCUT2D eigenvalue weighted by Gasteiger charge is -2.58. The lowest BCUT2D eigenvalue weighted by molar-refractivity contribution is -0.190. The maximum Gasteiger partial charge on any atom is 0.330 e. The number of nitrogens with one attached hydrogen (secondary N) is 2. The highest BCUT2D eigenvalue weighted by molar-refractivity contribution is 6.06. The number of fused-ring (bicyclic) bond motifs is 1. The molecule has 1 amide bonds. The van der Waals surface area contributed by atoms with Gasteiger partial charge in [-0.2, -0.15) is 0 Å². The van der Waals surface area contributed by atoms with E-state index >= 15 is 0 Å². The first-order valence-corrected chi connectivity index (χ1v) is 8.03. The summed E-state index contributed by atoms with van der Waals surface area (Å²) in [5, 5.41) is 12.4. The van der Waals surface area contributed by atoms with Gasteiger partial charge in [-0.05, 0) is 19.1 Å². The second kappa shape index (κ2) is 5.80. The molecule has 0 radical (unpaired) electrons. The Morgan fingerprint density at radius 2 is 2.20 bits per heavy atom. The monoisotopic (exact) mass is 349 g/mol. The molecule has 8 heteroatoms. The number of aromatic amines is 1. The first-order valence-electron chi connectivity index (χ1n) is 8.03. The van der Waals surface area contributed by atoms with Crippen LogP contribution in [0.15, 0.2) is 18.5 Å². The smallest absolute Gasteiger partial charge is 0.330 e. The van der Waals surface area contributed by atoms with Crippen LogP contribution in [0.5, 0.6) is 0 Å². The predicted molar refractivity (Wildman–Crippen MR) is 87.7 cm³/mol. The Balaban J connectivity index is 1.95. The third-order valence-corrected chi connectivity index (χ3v) is 5.19. The molecule has 1 aliphatic carbocycles. The second-order valence-electron chi connectivity index (χ2n) is 6.79. The van der Waals surface area contributed by atoms with E-state index in [4.69, 9.17) is 4.74 Å². The van der Waals surface area contributed by atoms with Crippen LogP contribution < -0.4 is 5.32 Å². The molecule has 25 heavy (non-hydrogen) atoms. The van der Waals surface area contributed by atoms with Crippen LogP contribution in [0.3, 0.4) is 0 Å². The van der Waals surface area contributed by atoms with Crippen molar-refractivity contribution in [3.05, 3.63) is 29.8 Å². The van der Waals surface area contributed by atoms with Crippen LogP contribution in [-0.2, 0) is 9.53 Å². The summed E-state index contributed by atoms with van der Waals surface area (Å²) in [6, 6.07) is 2.28. The van der Waals surface area contributed by atoms with Crippen LogP contribution in [0.2, 0.25) is 0 Å². The van der Waals surface area contributed by atoms with Crippen LogP contribution in [0.25, 0.3) is 11.0 Å². The van der Waals surface area contributed by atoms with E-state index in [0.29, 0.717) is 12.1 Å². The fourth-order valence-corrected chi connectivity index (χ4v) is 3.49. The molecule has 0 spiro atoms. The van der Waals surface area contributed by atoms with Gasteiger partial charge in [-0.3, -0.25) is 4.79 Å². The molecule has 2 unspecified atom stereocenters. The zero-order valence-electron chi connectivity index (χ0n) is 14.2. The Bertz CT molecular complexity index is 848. The lowest BCUT2D eigenvalue weighted by atomic mass is 9.54. The molecule has 1 saturated carbocycles. The quantitative estimate of drug-likeness (QED) is 0.767. The summed E-state index contributed by atoms with van der Waals surface area (Å²) in [5.41, 5.74) is -1.65. The number of carbonyl (C=O) groups excluding carboxylic acids is 1. The van der Waals surface area contributed by atoms with Gasteiger partial charge in [0, 0.05) is 18.4 Å². The second-order valence-corrected chi connectivity index (χ2v) is 6.79. The standard InChI is InChI=1S/C17H20FN3O4/c1-4-25-12-7-17(15(23)24,16(12,2)3)21-14(22)10-5-9(18)6-11-13(10)20-8-19-11/h5-6,8,12H,4,7H2,1-3H3,(H,19,20)(H,21,22)(H,23,24). The number of ether oxygens (including phenoxy) is 1. The summed E-state index contributed by atoms with van der Waals surface area (Å²) >= 11 is 0. The van der Waals surface area contributed by atoms with Crippen LogP contribution in [0.4, 0.5) is 4.39 Å². The number of H-pyrrole nitrogens is 1. The topological polar surface area (TPSA) is 104 Å². The molecule has 1 heterocycles. The van der Waals surface area contributed by atoms with E-state index in [1.807, 2.05) is 6.92 Å². The fraction of sp³-hybridized carbons (Fsp3) is 0.471. The molecule has 0 aliphatic heterocycles. The van der Waals surface area contributed by atoms with Gasteiger partial charge in [-0.1, -0.05) is 13.8 Å². The van der Waals surface area contributed by atoms with Crippen molar-refractivity contribution in [1.82, 2.24) is 15.3 Å². The average Bonchev–Trinajstić information content (AvgIpc) is 3.00. The molecule has 1 aromatic carbocycles. The molecule has 2 atom stereocenters. The van der Waals surface area contributed by atoms with E-state index in [1.54, 1.807) is 13.8 Å². The minimum absolute atomic E-state index is 0.00691. The summed E-state index contributed by atoms with van der Waals surface area (Å²) in [7, 11) is 0. The number of amides is 1. The third-order valence-electron chi connectivity index (χ3n) is 5.19. The van der Waals surface area contributed by atoms with E-state index in [9.17, 15) is 19.1 Å². The third kappa shape index (κ3) is 2.48. The normalized spacial score (nSPS) is 24.7. The molecule has 2 aromatic rings. The van der Waals surface area contributed by atoms with Gasteiger partial charge in [0.1, 0.15) is 16.9 Å². The van der Waals surface area contributed by atoms with Crippen LogP contribution in [0.1, 0.15) is 37.6 Å². The van der Waals surface area contributed by atoms with E-state index in [1.165, 1.54) is 12.4 Å². The summed E-state index contributed by atoms with van der Waals surface area (Å²) in [6.45, 7) is 5.76. The highest BCUT2D eigenvalue weighted by Gasteiger charge is 2.66. The summed E-state index contributed by atoms with van der Waals surface area (Å²) in [5.74, 6) is -2.43. The van der Waals surface area contributed by atoms with Crippen molar-refractivity contribution in [2.75, 3.05) is 6.61 Å². The first-order chi connectivity index (χ1) is 11.7. The van der Waals surface area contributed by atoms with Gasteiger partial charge in [-0.25, -0.2) is 14.2 Å². The number of carbonyl (C=O) groups is 2. The van der Waals surface area contributed by atoms with Gasteiger partial charge < -0.3 is 20.1 Å². The number of imidazole rings is 1. The zero-order valence-corrected chi connectivity index (χ0v) is 14.2. The number of aromatic nitrogens is 2. The first kappa shape index (κ1) is 17.3. The van der Waals surface area contributed by atoms with Gasteiger partial charge in [0.25, 0.3) is 5.91 Å². The van der Waals surface area contributed by atoms with Crippen LogP contribution >= 0.6 is 0 Å². The van der Waals surface area contributed by atoms with E-state index in [2.05, 4.69) is 15.3 Å². The Hall–Kier alpha value is -2.48. The number of aliphatic carboxylic acids is 1. The number of halogens is 1. The molecule has 7 nitrogen and oxygen atoms in total. The fourth-order valence-electron chi connectivity index (χ4n) is 3.49. The van der Waals surface area contributed by atoms with Gasteiger partial charge in [0.05, 0.1) is 23.5 Å². The summed E-state index contributed by atoms with van der Waals surface area (Å²) in [6.07, 6.45) is 1.21. The predicted octanol–water partition coefficient (Wildman–Crippen LogP) is 2.09. The van der Waals surface area contributed by atoms with Crippen molar-refractivity contribution in [1.29, 1.82) is 0 Å². The molecule has 3 N–H and O–H groups in total. The van der Waals surface area contributed by atoms with Gasteiger partial charge in [-0.15, -0.1) is 0 Å². The number of carboxylic acid groups (broad SMARTS) is 1. The highest BCUT2D eigenvalue weighted by atomic mass is 19.1. The highest BCUT2D eigenvalue weighted by Crippen LogP contribution is 2.51. The van der Waals surface area contributed by atoms with Crippen molar-refractivity contribution in [2.24, 2.45) is 5.41 Å². The van der Waals surface area contributed by atoms with E-state index < -0.39 is 28.6 Å². The number of hydrogen-bond donors (Lipinski definition) is 3. The summed E-state index contributed by atoms with van der Waals surface area (Å²) in [4.78, 5) is 31.5. The number of benzene rings is 1. The lowest BCUT2D eigenvalue weighted by Crippen LogP contribution is -2.76. The van der Waals surface area contributed by atoms with Gasteiger partial charge in [0.2, 0.25) is 0 Å². The zero-order chi connectivity index (χ0) is 18.4. The minimum Gasteiger partial charge on any atom is -0.479 e. The molecule has 1 aliphatic rings. The van der Waals surface area contributed by atoms with E-state index in [0.717, 1.165) is 6.07 Å². The number of nitrogens with zero attached hydrogens (tertiary/aromatic N) is 1. The largest absolute Gasteiger partial charge is 0.479 e. The Morgan fingerprint density at radius 1 is 1.48 bits per heavy atom. The van der Waals surface area contributed by atoms with Crippen molar-refractivity contribution < 1.29 is 23.8 Å². The van der Waals surface area contributed by atoms with Crippen molar-refractivity contribution in [3.8, 4) is 0 Å². The molecular weight excluding hydrogens is 329 g/mol. The number of rotatable bonds is 5. The van der Waals surface area contributed by atoms with Gasteiger partial charge in [0.15, 0.2) is 0 Å². The Kier molecular flexibility index (Phi) is 4.03. The molecule has 3 rings (SSSR count). The molecule has 134 valence electrons. The Morgan fingerprint density at radius 3 is 2.80 bits per heavy atom. The molecule has 0 bridgehead atoms.